The lowest BCUT2D eigenvalue weighted by Gasteiger charge is -2.26. The largest absolute Gasteiger partial charge is 0.493 e. The fraction of sp³-hybridized carbons (Fsp3) is 0.156. The van der Waals surface area contributed by atoms with Crippen LogP contribution in [0.1, 0.15) is 29.7 Å². The number of aromatic nitrogens is 1. The van der Waals surface area contributed by atoms with Crippen LogP contribution in [0.2, 0.25) is 0 Å². The first-order chi connectivity index (χ1) is 19.5. The van der Waals surface area contributed by atoms with E-state index in [4.69, 9.17) is 19.2 Å². The number of benzene rings is 3. The molecule has 0 bridgehead atoms. The third-order valence-electron chi connectivity index (χ3n) is 6.43. The van der Waals surface area contributed by atoms with Crippen LogP contribution in [0.3, 0.4) is 0 Å². The van der Waals surface area contributed by atoms with E-state index in [9.17, 15) is 9.59 Å². The second-order valence-electron chi connectivity index (χ2n) is 8.84. The quantitative estimate of drug-likeness (QED) is 0.298. The van der Waals surface area contributed by atoms with Crippen molar-refractivity contribution in [2.24, 2.45) is 4.99 Å². The van der Waals surface area contributed by atoms with Gasteiger partial charge in [0.1, 0.15) is 0 Å². The van der Waals surface area contributed by atoms with E-state index in [-0.39, 0.29) is 17.7 Å². The first-order valence-electron chi connectivity index (χ1n) is 12.8. The molecule has 8 heteroatoms. The zero-order valence-corrected chi connectivity index (χ0v) is 23.2. The predicted molar refractivity (Wildman–Crippen MR) is 157 cm³/mol. The Morgan fingerprint density at radius 1 is 0.975 bits per heavy atom. The molecule has 3 aromatic carbocycles. The van der Waals surface area contributed by atoms with Crippen LogP contribution in [0.5, 0.6) is 11.5 Å². The Bertz CT molecular complexity index is 1770. The highest BCUT2D eigenvalue weighted by Crippen LogP contribution is 2.38. The predicted octanol–water partition coefficient (Wildman–Crippen LogP) is 4.62. The Kier molecular flexibility index (Phi) is 8.07. The molecular formula is C32H28N2O5S. The monoisotopic (exact) mass is 552 g/mol. The Hall–Kier alpha value is -4.69. The van der Waals surface area contributed by atoms with Crippen LogP contribution in [-0.4, -0.2) is 31.4 Å². The molecule has 0 saturated heterocycles. The van der Waals surface area contributed by atoms with Gasteiger partial charge in [-0.3, -0.25) is 9.36 Å². The molecule has 40 heavy (non-hydrogen) atoms. The second-order valence-corrected chi connectivity index (χ2v) is 9.85. The number of allylic oxidation sites excluding steroid dienone is 1. The van der Waals surface area contributed by atoms with Crippen molar-refractivity contribution in [2.45, 2.75) is 13.0 Å². The van der Waals surface area contributed by atoms with Crippen LogP contribution in [-0.2, 0) is 9.53 Å². The Morgan fingerprint density at radius 3 is 2.35 bits per heavy atom. The molecule has 0 N–H and O–H groups in total. The molecule has 0 radical (unpaired) electrons. The summed E-state index contributed by atoms with van der Waals surface area (Å²) in [4.78, 5) is 32.8. The molecular weight excluding hydrogens is 524 g/mol. The molecule has 1 aliphatic rings. The van der Waals surface area contributed by atoms with Crippen molar-refractivity contribution in [3.63, 3.8) is 0 Å². The van der Waals surface area contributed by atoms with Crippen LogP contribution in [0.15, 0.2) is 100 Å². The van der Waals surface area contributed by atoms with Crippen molar-refractivity contribution in [1.29, 1.82) is 0 Å². The summed E-state index contributed by atoms with van der Waals surface area (Å²) in [5, 5.41) is 0. The van der Waals surface area contributed by atoms with Gasteiger partial charge in [-0.05, 0) is 36.3 Å². The summed E-state index contributed by atoms with van der Waals surface area (Å²) in [6.07, 6.45) is 5.56. The summed E-state index contributed by atoms with van der Waals surface area (Å²) in [7, 11) is 3.10. The summed E-state index contributed by atoms with van der Waals surface area (Å²) in [6.45, 7) is 1.93. The maximum atomic E-state index is 13.9. The number of ether oxygens (including phenoxy) is 3. The second kappa shape index (κ2) is 12.0. The summed E-state index contributed by atoms with van der Waals surface area (Å²) >= 11 is 1.27. The van der Waals surface area contributed by atoms with Gasteiger partial charge >= 0.3 is 5.97 Å². The van der Waals surface area contributed by atoms with E-state index in [0.29, 0.717) is 32.1 Å². The van der Waals surface area contributed by atoms with Gasteiger partial charge in [0.05, 0.1) is 42.7 Å². The minimum absolute atomic E-state index is 0.178. The van der Waals surface area contributed by atoms with E-state index < -0.39 is 12.0 Å². The Morgan fingerprint density at radius 2 is 1.68 bits per heavy atom. The maximum absolute atomic E-state index is 13.9. The molecule has 4 aromatic rings. The number of thiazole rings is 1. The molecule has 2 heterocycles. The molecule has 0 amide bonds. The number of fused-ring (bicyclic) bond motifs is 1. The van der Waals surface area contributed by atoms with Gasteiger partial charge in [0.25, 0.3) is 5.56 Å². The summed E-state index contributed by atoms with van der Waals surface area (Å²) in [5.41, 5.74) is 2.92. The average molecular weight is 553 g/mol. The third kappa shape index (κ3) is 5.26. The highest BCUT2D eigenvalue weighted by atomic mass is 32.1. The number of carbonyl (C=O) groups excluding carboxylic acids is 1. The van der Waals surface area contributed by atoms with Gasteiger partial charge in [0, 0.05) is 5.56 Å². The van der Waals surface area contributed by atoms with Gasteiger partial charge < -0.3 is 14.2 Å². The molecule has 1 aromatic heterocycles. The van der Waals surface area contributed by atoms with Gasteiger partial charge in [-0.1, -0.05) is 90.2 Å². The van der Waals surface area contributed by atoms with Gasteiger partial charge in [-0.25, -0.2) is 9.79 Å². The lowest BCUT2D eigenvalue weighted by Crippen LogP contribution is -2.39. The molecule has 0 unspecified atom stereocenters. The first kappa shape index (κ1) is 26.9. The molecule has 0 aliphatic carbocycles. The van der Waals surface area contributed by atoms with Crippen molar-refractivity contribution in [3.05, 3.63) is 127 Å². The lowest BCUT2D eigenvalue weighted by atomic mass is 9.93. The lowest BCUT2D eigenvalue weighted by molar-refractivity contribution is -0.138. The molecule has 0 saturated carbocycles. The molecule has 202 valence electrons. The number of hydrogen-bond acceptors (Lipinski definition) is 7. The van der Waals surface area contributed by atoms with E-state index in [1.54, 1.807) is 43.9 Å². The molecule has 7 nitrogen and oxygen atoms in total. The summed E-state index contributed by atoms with van der Waals surface area (Å²) < 4.78 is 18.6. The van der Waals surface area contributed by atoms with Gasteiger partial charge in [0.2, 0.25) is 0 Å². The smallest absolute Gasteiger partial charge is 0.338 e. The fourth-order valence-corrected chi connectivity index (χ4v) is 5.56. The molecule has 1 aliphatic heterocycles. The van der Waals surface area contributed by atoms with E-state index in [2.05, 4.69) is 0 Å². The molecule has 0 fully saturated rings. The normalized spacial score (nSPS) is 15.1. The van der Waals surface area contributed by atoms with Crippen LogP contribution in [0.4, 0.5) is 0 Å². The van der Waals surface area contributed by atoms with E-state index >= 15 is 0 Å². The van der Waals surface area contributed by atoms with E-state index in [1.165, 1.54) is 11.3 Å². The average Bonchev–Trinajstić information content (AvgIpc) is 3.31. The van der Waals surface area contributed by atoms with Gasteiger partial charge in [-0.2, -0.15) is 0 Å². The zero-order chi connectivity index (χ0) is 28.1. The number of rotatable bonds is 8. The van der Waals surface area contributed by atoms with Crippen molar-refractivity contribution >= 4 is 35.2 Å². The topological polar surface area (TPSA) is 79.1 Å². The number of methoxy groups -OCH3 is 2. The number of esters is 1. The highest BCUT2D eigenvalue weighted by Gasteiger charge is 2.35. The van der Waals surface area contributed by atoms with Crippen LogP contribution >= 0.6 is 11.3 Å². The summed E-state index contributed by atoms with van der Waals surface area (Å²) in [6, 6.07) is 23.9. The van der Waals surface area contributed by atoms with Crippen LogP contribution in [0, 0.1) is 0 Å². The van der Waals surface area contributed by atoms with Gasteiger partial charge in [0.15, 0.2) is 16.3 Å². The minimum Gasteiger partial charge on any atom is -0.493 e. The van der Waals surface area contributed by atoms with E-state index in [0.717, 1.165) is 11.1 Å². The number of nitrogens with zero attached hydrogens (tertiary/aromatic N) is 2. The highest BCUT2D eigenvalue weighted by molar-refractivity contribution is 7.07. The third-order valence-corrected chi connectivity index (χ3v) is 7.43. The standard InChI is InChI=1S/C32H28N2O5S/c1-4-39-31(36)27-28(22-15-9-6-10-16-22)33-32-34(29(27)23-18-19-24(37-2)25(20-23)38-3)30(35)26(40-32)17-11-14-21-12-7-5-8-13-21/h5-20,29H,4H2,1-3H3/b14-11+,26-17+/t29-/m1/s1. The van der Waals surface area contributed by atoms with Crippen LogP contribution in [0.25, 0.3) is 17.8 Å². The molecule has 0 spiro atoms. The minimum atomic E-state index is -0.800. The Balaban J connectivity index is 1.77. The number of carbonyl (C=O) groups is 1. The first-order valence-corrected chi connectivity index (χ1v) is 13.6. The van der Waals surface area contributed by atoms with Crippen molar-refractivity contribution in [1.82, 2.24) is 4.57 Å². The molecule has 1 atom stereocenters. The van der Waals surface area contributed by atoms with Crippen molar-refractivity contribution in [2.75, 3.05) is 20.8 Å². The fourth-order valence-electron chi connectivity index (χ4n) is 4.60. The van der Waals surface area contributed by atoms with Crippen molar-refractivity contribution < 1.29 is 19.0 Å². The maximum Gasteiger partial charge on any atom is 0.338 e. The van der Waals surface area contributed by atoms with E-state index in [1.807, 2.05) is 78.9 Å². The Labute approximate surface area is 235 Å². The van der Waals surface area contributed by atoms with Gasteiger partial charge in [-0.15, -0.1) is 0 Å². The summed E-state index contributed by atoms with van der Waals surface area (Å²) in [5.74, 6) is 0.479. The zero-order valence-electron chi connectivity index (χ0n) is 22.4. The van der Waals surface area contributed by atoms with Crippen molar-refractivity contribution in [3.8, 4) is 11.5 Å². The molecule has 5 rings (SSSR count). The SMILES string of the molecule is CCOC(=O)C1=C(c2ccccc2)N=c2s/c(=C/C=C/c3ccccc3)c(=O)n2[C@@H]1c1ccc(OC)c(OC)c1. The van der Waals surface area contributed by atoms with Crippen LogP contribution < -0.4 is 24.4 Å². The number of hydrogen-bond donors (Lipinski definition) is 0.